The summed E-state index contributed by atoms with van der Waals surface area (Å²) < 4.78 is 0. The second-order valence-corrected chi connectivity index (χ2v) is 7.77. The molecular weight excluding hydrogens is 301 g/mol. The van der Waals surface area contributed by atoms with Crippen LogP contribution in [0.25, 0.3) is 5.47 Å². The second kappa shape index (κ2) is 7.62. The Morgan fingerprint density at radius 3 is 2.60 bits per heavy atom. The Balaban J connectivity index is 2.02. The van der Waals surface area contributed by atoms with Crippen molar-refractivity contribution in [1.82, 2.24) is 4.81 Å². The first kappa shape index (κ1) is 18.0. The highest BCUT2D eigenvalue weighted by molar-refractivity contribution is 6.79. The van der Waals surface area contributed by atoms with E-state index in [0.29, 0.717) is 24.7 Å². The Labute approximate surface area is 153 Å². The number of allylic oxidation sites excluding steroid dienone is 6. The Morgan fingerprint density at radius 1 is 1.20 bits per heavy atom. The largest absolute Gasteiger partial charge is 0.333 e. The molecular formula is C23H30BN. The van der Waals surface area contributed by atoms with Crippen LogP contribution in [0.4, 0.5) is 0 Å². The van der Waals surface area contributed by atoms with Crippen LogP contribution >= 0.6 is 0 Å². The van der Waals surface area contributed by atoms with Crippen LogP contribution in [0.15, 0.2) is 66.8 Å². The van der Waals surface area contributed by atoms with Crippen LogP contribution in [0.5, 0.6) is 0 Å². The summed E-state index contributed by atoms with van der Waals surface area (Å²) in [6.07, 6.45) is 13.6. The molecule has 2 aliphatic rings. The van der Waals surface area contributed by atoms with Gasteiger partial charge in [0.2, 0.25) is 0 Å². The van der Waals surface area contributed by atoms with Gasteiger partial charge < -0.3 is 4.81 Å². The fourth-order valence-electron chi connectivity index (χ4n) is 4.49. The van der Waals surface area contributed by atoms with Crippen LogP contribution in [-0.2, 0) is 6.42 Å². The molecule has 130 valence electrons. The molecule has 0 saturated carbocycles. The van der Waals surface area contributed by atoms with Gasteiger partial charge in [-0.05, 0) is 47.4 Å². The van der Waals surface area contributed by atoms with Crippen LogP contribution in [0.1, 0.15) is 45.2 Å². The molecule has 0 amide bonds. The van der Waals surface area contributed by atoms with Crippen molar-refractivity contribution in [1.29, 1.82) is 0 Å². The average molecular weight is 331 g/mol. The highest BCUT2D eigenvalue weighted by Crippen LogP contribution is 2.39. The summed E-state index contributed by atoms with van der Waals surface area (Å²) in [4.78, 5) is 2.68. The molecule has 1 aromatic carbocycles. The van der Waals surface area contributed by atoms with Gasteiger partial charge in [-0.1, -0.05) is 87.8 Å². The quantitative estimate of drug-likeness (QED) is 0.456. The number of rotatable bonds is 7. The van der Waals surface area contributed by atoms with Gasteiger partial charge in [0.05, 0.1) is 0 Å². The standard InChI is InChI=1S/C23H30BN/c1-6-9-19-12-14-21(16-19)24(25(17(2)3)18(4)5)23-15-13-20-10-7-8-11-22(20)23/h6-8,10-12,14-18,21H,1,9,13H2,2-5H3. The number of nitrogens with zero attached hydrogens (tertiary/aromatic N) is 1. The lowest BCUT2D eigenvalue weighted by molar-refractivity contribution is 0.305. The molecule has 0 heterocycles. The van der Waals surface area contributed by atoms with Crippen molar-refractivity contribution < 1.29 is 0 Å². The molecule has 1 nitrogen and oxygen atoms in total. The van der Waals surface area contributed by atoms with Crippen molar-refractivity contribution in [3.8, 4) is 0 Å². The van der Waals surface area contributed by atoms with Gasteiger partial charge in [-0.3, -0.25) is 0 Å². The van der Waals surface area contributed by atoms with Gasteiger partial charge >= 0.3 is 0 Å². The molecule has 0 spiro atoms. The van der Waals surface area contributed by atoms with E-state index >= 15 is 0 Å². The molecule has 0 fully saturated rings. The van der Waals surface area contributed by atoms with Gasteiger partial charge in [-0.2, -0.15) is 0 Å². The lowest BCUT2D eigenvalue weighted by atomic mass is 9.43. The highest BCUT2D eigenvalue weighted by atomic mass is 15.1. The summed E-state index contributed by atoms with van der Waals surface area (Å²) >= 11 is 0. The van der Waals surface area contributed by atoms with Crippen molar-refractivity contribution in [2.24, 2.45) is 0 Å². The maximum absolute atomic E-state index is 3.90. The molecule has 0 aromatic heterocycles. The monoisotopic (exact) mass is 331 g/mol. The van der Waals surface area contributed by atoms with E-state index in [0.717, 1.165) is 12.8 Å². The first-order valence-electron chi connectivity index (χ1n) is 9.58. The van der Waals surface area contributed by atoms with Crippen LogP contribution in [0.2, 0.25) is 5.82 Å². The van der Waals surface area contributed by atoms with Gasteiger partial charge in [0.15, 0.2) is 0 Å². The Hall–Kier alpha value is -1.80. The average Bonchev–Trinajstić information content (AvgIpc) is 3.19. The first-order chi connectivity index (χ1) is 12.0. The third kappa shape index (κ3) is 3.60. The molecule has 1 unspecified atom stereocenters. The van der Waals surface area contributed by atoms with Crippen molar-refractivity contribution in [2.75, 3.05) is 0 Å². The van der Waals surface area contributed by atoms with Gasteiger partial charge in [-0.25, -0.2) is 0 Å². The van der Waals surface area contributed by atoms with E-state index in [1.807, 2.05) is 6.08 Å². The fourth-order valence-corrected chi connectivity index (χ4v) is 4.49. The molecule has 3 rings (SSSR count). The summed E-state index contributed by atoms with van der Waals surface area (Å²) in [7, 11) is 0. The third-order valence-corrected chi connectivity index (χ3v) is 5.39. The zero-order valence-electron chi connectivity index (χ0n) is 16.1. The summed E-state index contributed by atoms with van der Waals surface area (Å²) in [5.41, 5.74) is 5.80. The molecule has 2 heteroatoms. The number of fused-ring (bicyclic) bond motifs is 1. The number of hydrogen-bond donors (Lipinski definition) is 0. The van der Waals surface area contributed by atoms with Crippen molar-refractivity contribution in [3.05, 3.63) is 77.9 Å². The predicted octanol–water partition coefficient (Wildman–Crippen LogP) is 5.72. The summed E-state index contributed by atoms with van der Waals surface area (Å²) in [6, 6.07) is 9.91. The highest BCUT2D eigenvalue weighted by Gasteiger charge is 2.39. The molecule has 25 heavy (non-hydrogen) atoms. The molecule has 0 aliphatic heterocycles. The molecule has 1 atom stereocenters. The minimum absolute atomic E-state index is 0.391. The number of benzene rings is 1. The maximum Gasteiger partial charge on any atom is 0.269 e. The smallest absolute Gasteiger partial charge is 0.269 e. The predicted molar refractivity (Wildman–Crippen MR) is 112 cm³/mol. The lowest BCUT2D eigenvalue weighted by Crippen LogP contribution is -2.50. The van der Waals surface area contributed by atoms with E-state index in [4.69, 9.17) is 0 Å². The fraction of sp³-hybridized carbons (Fsp3) is 0.391. The Bertz CT molecular complexity index is 715. The minimum Gasteiger partial charge on any atom is -0.333 e. The van der Waals surface area contributed by atoms with E-state index < -0.39 is 0 Å². The van der Waals surface area contributed by atoms with Crippen molar-refractivity contribution in [3.63, 3.8) is 0 Å². The minimum atomic E-state index is 0.391. The van der Waals surface area contributed by atoms with E-state index in [9.17, 15) is 0 Å². The summed E-state index contributed by atoms with van der Waals surface area (Å²) in [5, 5.41) is 0. The molecule has 2 aliphatic carbocycles. The SMILES string of the molecule is C=CCC1=CC(B(C2=CCc3ccccc32)N(C(C)C)C(C)C)C=C1. The molecule has 1 aromatic rings. The lowest BCUT2D eigenvalue weighted by Gasteiger charge is -2.39. The Morgan fingerprint density at radius 2 is 1.92 bits per heavy atom. The second-order valence-electron chi connectivity index (χ2n) is 7.77. The van der Waals surface area contributed by atoms with E-state index in [1.54, 1.807) is 0 Å². The zero-order valence-corrected chi connectivity index (χ0v) is 16.1. The van der Waals surface area contributed by atoms with E-state index in [1.165, 1.54) is 22.2 Å². The molecule has 0 radical (unpaired) electrons. The van der Waals surface area contributed by atoms with Crippen LogP contribution < -0.4 is 0 Å². The van der Waals surface area contributed by atoms with Crippen molar-refractivity contribution in [2.45, 2.75) is 58.4 Å². The maximum atomic E-state index is 3.90. The van der Waals surface area contributed by atoms with E-state index in [-0.39, 0.29) is 0 Å². The van der Waals surface area contributed by atoms with Gasteiger partial charge in [0, 0.05) is 0 Å². The molecule has 0 N–H and O–H groups in total. The van der Waals surface area contributed by atoms with Gasteiger partial charge in [-0.15, -0.1) is 6.58 Å². The normalized spacial score (nSPS) is 18.8. The molecule has 0 bridgehead atoms. The Kier molecular flexibility index (Phi) is 5.49. The van der Waals surface area contributed by atoms with Gasteiger partial charge in [0.25, 0.3) is 6.85 Å². The van der Waals surface area contributed by atoms with Crippen LogP contribution in [0, 0.1) is 0 Å². The van der Waals surface area contributed by atoms with E-state index in [2.05, 4.69) is 87.7 Å². The first-order valence-corrected chi connectivity index (χ1v) is 9.58. The van der Waals surface area contributed by atoms with Crippen LogP contribution in [0.3, 0.4) is 0 Å². The topological polar surface area (TPSA) is 3.24 Å². The van der Waals surface area contributed by atoms with Crippen LogP contribution in [-0.4, -0.2) is 23.7 Å². The zero-order chi connectivity index (χ0) is 18.0. The van der Waals surface area contributed by atoms with Gasteiger partial charge in [0.1, 0.15) is 0 Å². The summed E-state index contributed by atoms with van der Waals surface area (Å²) in [6.45, 7) is 13.6. The third-order valence-electron chi connectivity index (χ3n) is 5.39. The van der Waals surface area contributed by atoms with Crippen molar-refractivity contribution >= 4 is 12.3 Å². The number of hydrogen-bond acceptors (Lipinski definition) is 1. The summed E-state index contributed by atoms with van der Waals surface area (Å²) in [5.74, 6) is 0.428. The molecule has 0 saturated heterocycles.